The summed E-state index contributed by atoms with van der Waals surface area (Å²) in [5.41, 5.74) is -0.00889. The van der Waals surface area contributed by atoms with E-state index in [0.29, 0.717) is 16.3 Å². The van der Waals surface area contributed by atoms with Crippen molar-refractivity contribution in [1.29, 1.82) is 0 Å². The third-order valence-electron chi connectivity index (χ3n) is 2.63. The van der Waals surface area contributed by atoms with Gasteiger partial charge in [0.1, 0.15) is 5.75 Å². The van der Waals surface area contributed by atoms with Gasteiger partial charge in [-0.05, 0) is 39.0 Å². The number of amides is 2. The van der Waals surface area contributed by atoms with Crippen LogP contribution in [0.25, 0.3) is 0 Å². The van der Waals surface area contributed by atoms with Crippen molar-refractivity contribution in [3.63, 3.8) is 0 Å². The number of ether oxygens (including phenoxy) is 1. The van der Waals surface area contributed by atoms with Crippen LogP contribution in [0.1, 0.15) is 31.1 Å². The molecule has 0 saturated heterocycles. The number of nitrogens with zero attached hydrogens (tertiary/aromatic N) is 1. The zero-order chi connectivity index (χ0) is 16.2. The maximum Gasteiger partial charge on any atom is 0.257 e. The van der Waals surface area contributed by atoms with Gasteiger partial charge in [-0.15, -0.1) is 0 Å². The molecule has 0 bridgehead atoms. The van der Waals surface area contributed by atoms with Crippen LogP contribution in [0, 0.1) is 0 Å². The lowest BCUT2D eigenvalue weighted by Crippen LogP contribution is -2.46. The maximum atomic E-state index is 12.4. The van der Waals surface area contributed by atoms with Crippen molar-refractivity contribution in [2.75, 3.05) is 20.7 Å². The molecule has 0 aliphatic heterocycles. The molecule has 1 N–H and O–H groups in total. The van der Waals surface area contributed by atoms with Crippen molar-refractivity contribution in [3.05, 3.63) is 28.8 Å². The normalized spacial score (nSPS) is 11.0. The zero-order valence-electron chi connectivity index (χ0n) is 13.0. The molecule has 1 aromatic carbocycles. The fourth-order valence-corrected chi connectivity index (χ4v) is 1.97. The van der Waals surface area contributed by atoms with E-state index in [-0.39, 0.29) is 23.9 Å². The Balaban J connectivity index is 2.84. The lowest BCUT2D eigenvalue weighted by Gasteiger charge is -2.23. The van der Waals surface area contributed by atoms with Gasteiger partial charge in [-0.1, -0.05) is 11.6 Å². The average Bonchev–Trinajstić information content (AvgIpc) is 2.35. The van der Waals surface area contributed by atoms with Crippen molar-refractivity contribution in [2.24, 2.45) is 0 Å². The number of benzene rings is 1. The zero-order valence-corrected chi connectivity index (χ0v) is 13.7. The molecule has 116 valence electrons. The van der Waals surface area contributed by atoms with E-state index in [1.54, 1.807) is 19.2 Å². The van der Waals surface area contributed by atoms with E-state index in [9.17, 15) is 9.59 Å². The summed E-state index contributed by atoms with van der Waals surface area (Å²) in [4.78, 5) is 25.6. The summed E-state index contributed by atoms with van der Waals surface area (Å²) in [6.45, 7) is 5.61. The van der Waals surface area contributed by atoms with Crippen LogP contribution in [0.2, 0.25) is 5.02 Å². The van der Waals surface area contributed by atoms with E-state index in [1.165, 1.54) is 18.1 Å². The van der Waals surface area contributed by atoms with E-state index in [0.717, 1.165) is 0 Å². The Morgan fingerprint density at radius 1 is 1.33 bits per heavy atom. The molecule has 0 heterocycles. The van der Waals surface area contributed by atoms with Gasteiger partial charge in [0.05, 0.1) is 19.2 Å². The second-order valence-electron chi connectivity index (χ2n) is 5.80. The van der Waals surface area contributed by atoms with Gasteiger partial charge in [0.25, 0.3) is 5.91 Å². The molecule has 2 amide bonds. The largest absolute Gasteiger partial charge is 0.496 e. The monoisotopic (exact) mass is 312 g/mol. The molecule has 0 saturated carbocycles. The fourth-order valence-electron chi connectivity index (χ4n) is 1.80. The standard InChI is InChI=1S/C15H21ClN2O3/c1-15(2,3)17-13(19)9-18(4)14(20)11-8-10(16)6-7-12(11)21-5/h6-8H,9H2,1-5H3,(H,17,19). The van der Waals surface area contributed by atoms with Crippen LogP contribution < -0.4 is 10.1 Å². The lowest BCUT2D eigenvalue weighted by atomic mass is 10.1. The lowest BCUT2D eigenvalue weighted by molar-refractivity contribution is -0.122. The molecule has 0 aromatic heterocycles. The second-order valence-corrected chi connectivity index (χ2v) is 6.24. The SMILES string of the molecule is COc1ccc(Cl)cc1C(=O)N(C)CC(=O)NC(C)(C)C. The van der Waals surface area contributed by atoms with Gasteiger partial charge in [-0.25, -0.2) is 0 Å². The minimum absolute atomic E-state index is 0.0359. The minimum Gasteiger partial charge on any atom is -0.496 e. The number of carbonyl (C=O) groups is 2. The number of hydrogen-bond donors (Lipinski definition) is 1. The van der Waals surface area contributed by atoms with Gasteiger partial charge < -0.3 is 15.0 Å². The van der Waals surface area contributed by atoms with E-state index in [2.05, 4.69) is 5.32 Å². The molecule has 0 atom stereocenters. The smallest absolute Gasteiger partial charge is 0.257 e. The van der Waals surface area contributed by atoms with Crippen LogP contribution >= 0.6 is 11.6 Å². The van der Waals surface area contributed by atoms with Crippen molar-refractivity contribution in [2.45, 2.75) is 26.3 Å². The van der Waals surface area contributed by atoms with E-state index < -0.39 is 0 Å². The predicted octanol–water partition coefficient (Wildman–Crippen LogP) is 2.34. The van der Waals surface area contributed by atoms with Crippen molar-refractivity contribution in [3.8, 4) is 5.75 Å². The highest BCUT2D eigenvalue weighted by Crippen LogP contribution is 2.23. The first kappa shape index (κ1) is 17.3. The quantitative estimate of drug-likeness (QED) is 0.928. The van der Waals surface area contributed by atoms with Crippen LogP contribution in [0.5, 0.6) is 5.75 Å². The van der Waals surface area contributed by atoms with Crippen molar-refractivity contribution in [1.82, 2.24) is 10.2 Å². The Morgan fingerprint density at radius 2 is 1.95 bits per heavy atom. The molecule has 6 heteroatoms. The second kappa shape index (κ2) is 6.80. The summed E-state index contributed by atoms with van der Waals surface area (Å²) < 4.78 is 5.15. The number of hydrogen-bond acceptors (Lipinski definition) is 3. The first-order valence-corrected chi connectivity index (χ1v) is 6.92. The van der Waals surface area contributed by atoms with E-state index in [1.807, 2.05) is 20.8 Å². The molecule has 0 spiro atoms. The Labute approximate surface area is 130 Å². The van der Waals surface area contributed by atoms with Crippen LogP contribution in [0.4, 0.5) is 0 Å². The molecule has 5 nitrogen and oxygen atoms in total. The van der Waals surface area contributed by atoms with Gasteiger partial charge in [0.15, 0.2) is 0 Å². The molecular weight excluding hydrogens is 292 g/mol. The first-order valence-electron chi connectivity index (χ1n) is 6.54. The van der Waals surface area contributed by atoms with Crippen LogP contribution in [0.3, 0.4) is 0 Å². The third-order valence-corrected chi connectivity index (χ3v) is 2.87. The highest BCUT2D eigenvalue weighted by Gasteiger charge is 2.21. The van der Waals surface area contributed by atoms with Crippen molar-refractivity contribution < 1.29 is 14.3 Å². The third kappa shape index (κ3) is 5.27. The Kier molecular flexibility index (Phi) is 5.61. The molecule has 21 heavy (non-hydrogen) atoms. The van der Waals surface area contributed by atoms with Crippen molar-refractivity contribution >= 4 is 23.4 Å². The number of carbonyl (C=O) groups excluding carboxylic acids is 2. The fraction of sp³-hybridized carbons (Fsp3) is 0.467. The summed E-state index contributed by atoms with van der Waals surface area (Å²) in [6.07, 6.45) is 0. The molecule has 1 rings (SSSR count). The van der Waals surface area contributed by atoms with Gasteiger partial charge in [0.2, 0.25) is 5.91 Å². The minimum atomic E-state index is -0.339. The number of methoxy groups -OCH3 is 1. The Hall–Kier alpha value is -1.75. The summed E-state index contributed by atoms with van der Waals surface area (Å²) in [5, 5.41) is 3.24. The topological polar surface area (TPSA) is 58.6 Å². The number of rotatable bonds is 4. The van der Waals surface area contributed by atoms with Gasteiger partial charge >= 0.3 is 0 Å². The summed E-state index contributed by atoms with van der Waals surface area (Å²) in [6, 6.07) is 4.79. The van der Waals surface area contributed by atoms with Gasteiger partial charge in [-0.3, -0.25) is 9.59 Å². The highest BCUT2D eigenvalue weighted by molar-refractivity contribution is 6.31. The van der Waals surface area contributed by atoms with Crippen LogP contribution in [-0.2, 0) is 4.79 Å². The molecule has 0 unspecified atom stereocenters. The number of halogens is 1. The number of likely N-dealkylation sites (N-methyl/N-ethyl adjacent to an activating group) is 1. The summed E-state index contributed by atoms with van der Waals surface area (Å²) >= 11 is 5.91. The predicted molar refractivity (Wildman–Crippen MR) is 82.9 cm³/mol. The molecule has 0 radical (unpaired) electrons. The van der Waals surface area contributed by atoms with Crippen LogP contribution in [-0.4, -0.2) is 43.0 Å². The summed E-state index contributed by atoms with van der Waals surface area (Å²) in [7, 11) is 3.04. The molecular formula is C15H21ClN2O3. The number of nitrogens with one attached hydrogen (secondary N) is 1. The summed E-state index contributed by atoms with van der Waals surface area (Å²) in [5.74, 6) is -0.120. The molecule has 0 fully saturated rings. The Bertz CT molecular complexity index is 538. The first-order chi connectivity index (χ1) is 9.64. The van der Waals surface area contributed by atoms with Gasteiger partial charge in [0, 0.05) is 17.6 Å². The molecule has 0 aliphatic rings. The Morgan fingerprint density at radius 3 is 2.48 bits per heavy atom. The molecule has 1 aromatic rings. The highest BCUT2D eigenvalue weighted by atomic mass is 35.5. The van der Waals surface area contributed by atoms with E-state index >= 15 is 0 Å². The van der Waals surface area contributed by atoms with Crippen LogP contribution in [0.15, 0.2) is 18.2 Å². The van der Waals surface area contributed by atoms with Gasteiger partial charge in [-0.2, -0.15) is 0 Å². The van der Waals surface area contributed by atoms with E-state index in [4.69, 9.17) is 16.3 Å². The average molecular weight is 313 g/mol. The maximum absolute atomic E-state index is 12.4. The molecule has 0 aliphatic carbocycles.